The summed E-state index contributed by atoms with van der Waals surface area (Å²) in [5.74, 6) is -0.193. The summed E-state index contributed by atoms with van der Waals surface area (Å²) in [6, 6.07) is 9.64. The third-order valence-corrected chi connectivity index (χ3v) is 2.27. The molecule has 88 valence electrons. The molecule has 1 aromatic rings. The Morgan fingerprint density at radius 1 is 1.31 bits per heavy atom. The van der Waals surface area contributed by atoms with Crippen LogP contribution in [-0.2, 0) is 16.0 Å². The van der Waals surface area contributed by atoms with E-state index in [2.05, 4.69) is 5.32 Å². The first-order valence-electron chi connectivity index (χ1n) is 5.55. The summed E-state index contributed by atoms with van der Waals surface area (Å²) in [6.45, 7) is 3.71. The van der Waals surface area contributed by atoms with Crippen LogP contribution in [0.4, 0.5) is 0 Å². The molecule has 1 unspecified atom stereocenters. The van der Waals surface area contributed by atoms with Crippen LogP contribution in [0, 0.1) is 0 Å². The summed E-state index contributed by atoms with van der Waals surface area (Å²) < 4.78 is 5.17. The molecule has 0 aliphatic heterocycles. The maximum absolute atomic E-state index is 11.7. The fourth-order valence-electron chi connectivity index (χ4n) is 1.47. The van der Waals surface area contributed by atoms with Gasteiger partial charge in [0.2, 0.25) is 0 Å². The van der Waals surface area contributed by atoms with Gasteiger partial charge in [-0.05, 0) is 32.9 Å². The van der Waals surface area contributed by atoms with Gasteiger partial charge in [0.15, 0.2) is 0 Å². The molecule has 1 N–H and O–H groups in total. The average molecular weight is 221 g/mol. The van der Waals surface area contributed by atoms with Gasteiger partial charge < -0.3 is 10.1 Å². The van der Waals surface area contributed by atoms with Gasteiger partial charge in [-0.1, -0.05) is 30.3 Å². The van der Waals surface area contributed by atoms with E-state index in [1.54, 1.807) is 7.05 Å². The van der Waals surface area contributed by atoms with Crippen LogP contribution < -0.4 is 5.32 Å². The lowest BCUT2D eigenvalue weighted by atomic mass is 10.1. The minimum Gasteiger partial charge on any atom is -0.462 e. The first-order chi connectivity index (χ1) is 7.63. The largest absolute Gasteiger partial charge is 0.462 e. The average Bonchev–Trinajstić information content (AvgIpc) is 2.26. The van der Waals surface area contributed by atoms with Crippen molar-refractivity contribution in [2.45, 2.75) is 32.4 Å². The highest BCUT2D eigenvalue weighted by Crippen LogP contribution is 2.05. The van der Waals surface area contributed by atoms with Gasteiger partial charge in [0.25, 0.3) is 0 Å². The fraction of sp³-hybridized carbons (Fsp3) is 0.462. The lowest BCUT2D eigenvalue weighted by Gasteiger charge is -2.17. The number of esters is 1. The predicted octanol–water partition coefficient (Wildman–Crippen LogP) is 1.77. The molecule has 1 atom stereocenters. The van der Waals surface area contributed by atoms with E-state index in [0.29, 0.717) is 6.42 Å². The number of benzene rings is 1. The maximum Gasteiger partial charge on any atom is 0.323 e. The zero-order valence-electron chi connectivity index (χ0n) is 10.1. The fourth-order valence-corrected chi connectivity index (χ4v) is 1.47. The summed E-state index contributed by atoms with van der Waals surface area (Å²) in [5, 5.41) is 2.98. The van der Waals surface area contributed by atoms with Crippen molar-refractivity contribution in [3.05, 3.63) is 35.9 Å². The van der Waals surface area contributed by atoms with E-state index in [4.69, 9.17) is 4.74 Å². The number of carbonyl (C=O) groups is 1. The first-order valence-corrected chi connectivity index (χ1v) is 5.55. The SMILES string of the molecule is CNC(Cc1ccccc1)C(=O)OC(C)C. The van der Waals surface area contributed by atoms with Crippen molar-refractivity contribution in [2.75, 3.05) is 7.05 Å². The number of hydrogen-bond donors (Lipinski definition) is 1. The Morgan fingerprint density at radius 2 is 1.94 bits per heavy atom. The van der Waals surface area contributed by atoms with Gasteiger partial charge in [-0.2, -0.15) is 0 Å². The van der Waals surface area contributed by atoms with Crippen LogP contribution in [0.1, 0.15) is 19.4 Å². The van der Waals surface area contributed by atoms with E-state index in [9.17, 15) is 4.79 Å². The van der Waals surface area contributed by atoms with Crippen molar-refractivity contribution in [1.29, 1.82) is 0 Å². The Labute approximate surface area is 96.8 Å². The zero-order chi connectivity index (χ0) is 12.0. The molecule has 1 aromatic carbocycles. The molecule has 0 spiro atoms. The van der Waals surface area contributed by atoms with E-state index in [1.165, 1.54) is 0 Å². The summed E-state index contributed by atoms with van der Waals surface area (Å²) >= 11 is 0. The number of ether oxygens (including phenoxy) is 1. The summed E-state index contributed by atoms with van der Waals surface area (Å²) in [7, 11) is 1.77. The van der Waals surface area contributed by atoms with Gasteiger partial charge >= 0.3 is 5.97 Å². The number of rotatable bonds is 5. The standard InChI is InChI=1S/C13H19NO2/c1-10(2)16-13(15)12(14-3)9-11-7-5-4-6-8-11/h4-8,10,12,14H,9H2,1-3H3. The van der Waals surface area contributed by atoms with Gasteiger partial charge in [0.1, 0.15) is 6.04 Å². The quantitative estimate of drug-likeness (QED) is 0.770. The molecule has 0 aromatic heterocycles. The van der Waals surface area contributed by atoms with Crippen molar-refractivity contribution in [3.63, 3.8) is 0 Å². The summed E-state index contributed by atoms with van der Waals surface area (Å²) in [6.07, 6.45) is 0.585. The highest BCUT2D eigenvalue weighted by molar-refractivity contribution is 5.76. The smallest absolute Gasteiger partial charge is 0.323 e. The van der Waals surface area contributed by atoms with Crippen molar-refractivity contribution in [1.82, 2.24) is 5.32 Å². The van der Waals surface area contributed by atoms with Crippen molar-refractivity contribution >= 4 is 5.97 Å². The van der Waals surface area contributed by atoms with Crippen molar-refractivity contribution < 1.29 is 9.53 Å². The zero-order valence-corrected chi connectivity index (χ0v) is 10.1. The molecule has 1 rings (SSSR count). The molecule has 0 radical (unpaired) electrons. The van der Waals surface area contributed by atoms with Crippen molar-refractivity contribution in [3.8, 4) is 0 Å². The Hall–Kier alpha value is -1.35. The molecule has 3 heteroatoms. The van der Waals surface area contributed by atoms with E-state index in [-0.39, 0.29) is 18.1 Å². The van der Waals surface area contributed by atoms with Crippen molar-refractivity contribution in [2.24, 2.45) is 0 Å². The maximum atomic E-state index is 11.7. The van der Waals surface area contributed by atoms with Gasteiger partial charge in [-0.15, -0.1) is 0 Å². The number of hydrogen-bond acceptors (Lipinski definition) is 3. The molecule has 0 saturated carbocycles. The van der Waals surface area contributed by atoms with E-state index >= 15 is 0 Å². The normalized spacial score (nSPS) is 12.5. The number of likely N-dealkylation sites (N-methyl/N-ethyl adjacent to an activating group) is 1. The number of nitrogens with one attached hydrogen (secondary N) is 1. The molecule has 0 aliphatic carbocycles. The Balaban J connectivity index is 2.58. The Morgan fingerprint density at radius 3 is 2.44 bits per heavy atom. The van der Waals surface area contributed by atoms with Crippen LogP contribution in [0.25, 0.3) is 0 Å². The molecule has 3 nitrogen and oxygen atoms in total. The highest BCUT2D eigenvalue weighted by Gasteiger charge is 2.19. The molecule has 0 amide bonds. The minimum absolute atomic E-state index is 0.0703. The van der Waals surface area contributed by atoms with Crippen LogP contribution in [0.5, 0.6) is 0 Å². The van der Waals surface area contributed by atoms with Gasteiger partial charge in [-0.3, -0.25) is 4.79 Å². The lowest BCUT2D eigenvalue weighted by molar-refractivity contribution is -0.149. The number of carbonyl (C=O) groups excluding carboxylic acids is 1. The third-order valence-electron chi connectivity index (χ3n) is 2.27. The summed E-state index contributed by atoms with van der Waals surface area (Å²) in [4.78, 5) is 11.7. The van der Waals surface area contributed by atoms with Crippen LogP contribution in [0.3, 0.4) is 0 Å². The molecule has 0 aliphatic rings. The minimum atomic E-state index is -0.273. The van der Waals surface area contributed by atoms with E-state index in [1.807, 2.05) is 44.2 Å². The molecular weight excluding hydrogens is 202 g/mol. The first kappa shape index (κ1) is 12.7. The second-order valence-corrected chi connectivity index (χ2v) is 4.02. The molecule has 0 fully saturated rings. The highest BCUT2D eigenvalue weighted by atomic mass is 16.5. The second kappa shape index (κ2) is 6.28. The van der Waals surface area contributed by atoms with Crippen LogP contribution >= 0.6 is 0 Å². The summed E-state index contributed by atoms with van der Waals surface area (Å²) in [5.41, 5.74) is 1.13. The molecular formula is C13H19NO2. The topological polar surface area (TPSA) is 38.3 Å². The molecule has 16 heavy (non-hydrogen) atoms. The monoisotopic (exact) mass is 221 g/mol. The van der Waals surface area contributed by atoms with E-state index in [0.717, 1.165) is 5.56 Å². The van der Waals surface area contributed by atoms with Crippen LogP contribution in [-0.4, -0.2) is 25.2 Å². The Bertz CT molecular complexity index is 322. The third kappa shape index (κ3) is 4.03. The van der Waals surface area contributed by atoms with Gasteiger partial charge in [0.05, 0.1) is 6.10 Å². The Kier molecular flexibility index (Phi) is 4.99. The van der Waals surface area contributed by atoms with E-state index < -0.39 is 0 Å². The molecule has 0 bridgehead atoms. The lowest BCUT2D eigenvalue weighted by Crippen LogP contribution is -2.38. The van der Waals surface area contributed by atoms with Crippen LogP contribution in [0.2, 0.25) is 0 Å². The van der Waals surface area contributed by atoms with Gasteiger partial charge in [-0.25, -0.2) is 0 Å². The molecule has 0 heterocycles. The predicted molar refractivity (Wildman–Crippen MR) is 64.2 cm³/mol. The van der Waals surface area contributed by atoms with Gasteiger partial charge in [0, 0.05) is 0 Å². The van der Waals surface area contributed by atoms with Crippen LogP contribution in [0.15, 0.2) is 30.3 Å². The second-order valence-electron chi connectivity index (χ2n) is 4.02. The molecule has 0 saturated heterocycles.